The van der Waals surface area contributed by atoms with E-state index in [9.17, 15) is 0 Å². The van der Waals surface area contributed by atoms with Gasteiger partial charge in [-0.3, -0.25) is 0 Å². The van der Waals surface area contributed by atoms with E-state index >= 15 is 0 Å². The number of aromatic nitrogens is 1. The summed E-state index contributed by atoms with van der Waals surface area (Å²) < 4.78 is 4.95. The lowest BCUT2D eigenvalue weighted by Crippen LogP contribution is -2.14. The van der Waals surface area contributed by atoms with Gasteiger partial charge in [0.15, 0.2) is 0 Å². The minimum Gasteiger partial charge on any atom is -0.481 e. The maximum absolute atomic E-state index is 5.71. The van der Waals surface area contributed by atoms with Crippen molar-refractivity contribution >= 4 is 23.2 Å². The van der Waals surface area contributed by atoms with E-state index in [0.29, 0.717) is 24.0 Å². The first-order valence-electron chi connectivity index (χ1n) is 4.40. The quantitative estimate of drug-likeness (QED) is 0.867. The van der Waals surface area contributed by atoms with Gasteiger partial charge in [-0.1, -0.05) is 29.3 Å². The number of hydrogen-bond acceptors (Lipinski definition) is 3. The van der Waals surface area contributed by atoms with Gasteiger partial charge in [0.2, 0.25) is 5.88 Å². The number of nitrogens with zero attached hydrogens (tertiary/aromatic N) is 1. The Hall–Kier alpha value is -0.770. The largest absolute Gasteiger partial charge is 0.481 e. The minimum absolute atomic E-state index is 0.553. The van der Waals surface area contributed by atoms with Crippen LogP contribution in [0.25, 0.3) is 0 Å². The Morgan fingerprint density at radius 3 is 2.93 bits per heavy atom. The fourth-order valence-electron chi connectivity index (χ4n) is 1.00. The topological polar surface area (TPSA) is 34.1 Å². The molecule has 0 aromatic carbocycles. The molecule has 5 heteroatoms. The molecule has 0 bridgehead atoms. The van der Waals surface area contributed by atoms with Crippen molar-refractivity contribution in [3.63, 3.8) is 0 Å². The molecule has 0 aliphatic carbocycles. The van der Waals surface area contributed by atoms with Crippen LogP contribution in [-0.2, 0) is 6.54 Å². The molecule has 1 N–H and O–H groups in total. The summed E-state index contributed by atoms with van der Waals surface area (Å²) >= 11 is 11.1. The van der Waals surface area contributed by atoms with Crippen LogP contribution in [-0.4, -0.2) is 18.6 Å². The molecule has 1 aromatic rings. The van der Waals surface area contributed by atoms with Crippen molar-refractivity contribution < 1.29 is 4.74 Å². The van der Waals surface area contributed by atoms with E-state index in [2.05, 4.69) is 10.3 Å². The fourth-order valence-corrected chi connectivity index (χ4v) is 1.17. The number of ether oxygens (including phenoxy) is 1. The van der Waals surface area contributed by atoms with E-state index in [1.807, 2.05) is 12.1 Å². The van der Waals surface area contributed by atoms with Gasteiger partial charge in [-0.15, -0.1) is 0 Å². The Balaban J connectivity index is 2.38. The molecule has 0 radical (unpaired) electrons. The molecule has 0 saturated carbocycles. The van der Waals surface area contributed by atoms with E-state index in [4.69, 9.17) is 27.9 Å². The summed E-state index contributed by atoms with van der Waals surface area (Å²) in [5.41, 5.74) is 2.41. The van der Waals surface area contributed by atoms with Gasteiger partial charge in [0, 0.05) is 35.9 Å². The standard InChI is InChI=1S/C10H12Cl2N2O/c1-15-10-3-2-8(6-14-10)5-13-7-9(12)4-11/h2-4,6,13H,5,7H2,1H3. The van der Waals surface area contributed by atoms with E-state index < -0.39 is 0 Å². The molecule has 15 heavy (non-hydrogen) atoms. The highest BCUT2D eigenvalue weighted by Crippen LogP contribution is 2.07. The molecule has 0 aliphatic rings. The molecule has 82 valence electrons. The highest BCUT2D eigenvalue weighted by Gasteiger charge is 1.96. The molecule has 0 saturated heterocycles. The second kappa shape index (κ2) is 6.67. The van der Waals surface area contributed by atoms with Gasteiger partial charge >= 0.3 is 0 Å². The summed E-state index contributed by atoms with van der Waals surface area (Å²) in [7, 11) is 1.59. The average molecular weight is 247 g/mol. The van der Waals surface area contributed by atoms with Gasteiger partial charge in [0.1, 0.15) is 0 Å². The van der Waals surface area contributed by atoms with Crippen LogP contribution in [0, 0.1) is 0 Å². The van der Waals surface area contributed by atoms with Gasteiger partial charge in [0.25, 0.3) is 0 Å². The maximum atomic E-state index is 5.71. The lowest BCUT2D eigenvalue weighted by Gasteiger charge is -2.04. The molecule has 0 unspecified atom stereocenters. The van der Waals surface area contributed by atoms with Crippen molar-refractivity contribution in [3.8, 4) is 5.88 Å². The summed E-state index contributed by atoms with van der Waals surface area (Å²) in [5.74, 6) is 0.609. The first kappa shape index (κ1) is 12.3. The maximum Gasteiger partial charge on any atom is 0.212 e. The van der Waals surface area contributed by atoms with E-state index in [-0.39, 0.29) is 0 Å². The van der Waals surface area contributed by atoms with Crippen LogP contribution in [0.2, 0.25) is 0 Å². The Morgan fingerprint density at radius 1 is 1.60 bits per heavy atom. The number of methoxy groups -OCH3 is 1. The van der Waals surface area contributed by atoms with Gasteiger partial charge < -0.3 is 10.1 Å². The first-order chi connectivity index (χ1) is 7.26. The number of pyridine rings is 1. The van der Waals surface area contributed by atoms with Crippen molar-refractivity contribution in [3.05, 3.63) is 34.5 Å². The fraction of sp³-hybridized carbons (Fsp3) is 0.300. The lowest BCUT2D eigenvalue weighted by molar-refractivity contribution is 0.397. The van der Waals surface area contributed by atoms with Crippen LogP contribution in [0.4, 0.5) is 0 Å². The van der Waals surface area contributed by atoms with Crippen molar-refractivity contribution in [2.24, 2.45) is 0 Å². The van der Waals surface area contributed by atoms with Gasteiger partial charge in [-0.25, -0.2) is 4.98 Å². The number of halogens is 2. The van der Waals surface area contributed by atoms with Crippen molar-refractivity contribution in [1.29, 1.82) is 0 Å². The van der Waals surface area contributed by atoms with Crippen molar-refractivity contribution in [2.75, 3.05) is 13.7 Å². The van der Waals surface area contributed by atoms with Gasteiger partial charge in [-0.05, 0) is 5.56 Å². The first-order valence-corrected chi connectivity index (χ1v) is 5.22. The monoisotopic (exact) mass is 246 g/mol. The van der Waals surface area contributed by atoms with Crippen LogP contribution in [0.5, 0.6) is 5.88 Å². The summed E-state index contributed by atoms with van der Waals surface area (Å²) in [6.45, 7) is 1.25. The van der Waals surface area contributed by atoms with E-state index in [1.165, 1.54) is 5.54 Å². The molecular formula is C10H12Cl2N2O. The van der Waals surface area contributed by atoms with Gasteiger partial charge in [0.05, 0.1) is 7.11 Å². The van der Waals surface area contributed by atoms with E-state index in [1.54, 1.807) is 13.3 Å². The molecule has 0 spiro atoms. The molecule has 1 rings (SSSR count). The van der Waals surface area contributed by atoms with Gasteiger partial charge in [-0.2, -0.15) is 0 Å². The van der Waals surface area contributed by atoms with Crippen LogP contribution in [0.15, 0.2) is 28.9 Å². The normalized spacial score (nSPS) is 11.5. The minimum atomic E-state index is 0.553. The zero-order chi connectivity index (χ0) is 11.1. The molecule has 1 aromatic heterocycles. The smallest absolute Gasteiger partial charge is 0.212 e. The molecule has 0 amide bonds. The predicted molar refractivity (Wildman–Crippen MR) is 62.3 cm³/mol. The Kier molecular flexibility index (Phi) is 5.47. The third-order valence-corrected chi connectivity index (χ3v) is 2.37. The van der Waals surface area contributed by atoms with Crippen LogP contribution in [0.3, 0.4) is 0 Å². The highest BCUT2D eigenvalue weighted by molar-refractivity contribution is 6.36. The number of rotatable bonds is 5. The molecule has 0 fully saturated rings. The van der Waals surface area contributed by atoms with Crippen LogP contribution in [0.1, 0.15) is 5.56 Å². The second-order valence-electron chi connectivity index (χ2n) is 2.87. The number of nitrogens with one attached hydrogen (secondary N) is 1. The zero-order valence-corrected chi connectivity index (χ0v) is 9.85. The highest BCUT2D eigenvalue weighted by atomic mass is 35.5. The van der Waals surface area contributed by atoms with Crippen LogP contribution < -0.4 is 10.1 Å². The van der Waals surface area contributed by atoms with Crippen molar-refractivity contribution in [1.82, 2.24) is 10.3 Å². The molecule has 0 atom stereocenters. The Morgan fingerprint density at radius 2 is 2.40 bits per heavy atom. The number of hydrogen-bond donors (Lipinski definition) is 1. The van der Waals surface area contributed by atoms with Crippen LogP contribution >= 0.6 is 23.2 Å². The molecule has 3 nitrogen and oxygen atoms in total. The Bertz CT molecular complexity index is 325. The lowest BCUT2D eigenvalue weighted by atomic mass is 10.3. The molecule has 0 aliphatic heterocycles. The average Bonchev–Trinajstić information content (AvgIpc) is 2.29. The third-order valence-electron chi connectivity index (χ3n) is 1.75. The third kappa shape index (κ3) is 4.51. The summed E-state index contributed by atoms with van der Waals surface area (Å²) in [6, 6.07) is 3.76. The molecular weight excluding hydrogens is 235 g/mol. The SMILES string of the molecule is COc1ccc(CNCC(Cl)=CCl)cn1. The molecule has 1 heterocycles. The Labute approximate surface area is 99.1 Å². The summed E-state index contributed by atoms with van der Waals surface area (Å²) in [4.78, 5) is 4.08. The summed E-state index contributed by atoms with van der Waals surface area (Å²) in [5, 5.41) is 3.71. The predicted octanol–water partition coefficient (Wildman–Crippen LogP) is 2.50. The van der Waals surface area contributed by atoms with Crippen molar-refractivity contribution in [2.45, 2.75) is 6.54 Å². The zero-order valence-electron chi connectivity index (χ0n) is 8.34. The summed E-state index contributed by atoms with van der Waals surface area (Å²) in [6.07, 6.45) is 1.75. The van der Waals surface area contributed by atoms with E-state index in [0.717, 1.165) is 5.56 Å². The second-order valence-corrected chi connectivity index (χ2v) is 3.57.